The number of ether oxygens (including phenoxy) is 1. The van der Waals surface area contributed by atoms with E-state index >= 15 is 0 Å². The van der Waals surface area contributed by atoms with E-state index in [1.54, 1.807) is 18.2 Å². The second-order valence-corrected chi connectivity index (χ2v) is 2.75. The van der Waals surface area contributed by atoms with Crippen LogP contribution in [0.2, 0.25) is 0 Å². The molecule has 78 valence electrons. The van der Waals surface area contributed by atoms with Crippen LogP contribution in [-0.2, 0) is 4.74 Å². The Kier molecular flexibility index (Phi) is 3.98. The normalized spacial score (nSPS) is 9.00. The molecule has 1 amide bonds. The highest BCUT2D eigenvalue weighted by atomic mass is 16.5. The molecule has 1 aromatic rings. The fraction of sp³-hybridized carbons (Fsp3) is 0.200. The summed E-state index contributed by atoms with van der Waals surface area (Å²) in [7, 11) is 0. The number of rotatable bonds is 4. The van der Waals surface area contributed by atoms with E-state index < -0.39 is 6.09 Å². The number of nitriles is 1. The van der Waals surface area contributed by atoms with Gasteiger partial charge in [0.25, 0.3) is 0 Å². The number of amides is 1. The van der Waals surface area contributed by atoms with E-state index in [1.807, 2.05) is 6.07 Å². The predicted molar refractivity (Wildman–Crippen MR) is 55.2 cm³/mol. The van der Waals surface area contributed by atoms with E-state index in [0.29, 0.717) is 17.8 Å². The molecule has 0 radical (unpaired) electrons. The first kappa shape index (κ1) is 10.9. The van der Waals surface area contributed by atoms with E-state index in [-0.39, 0.29) is 6.61 Å². The number of carbonyl (C=O) groups is 1. The molecule has 3 N–H and O–H groups in total. The summed E-state index contributed by atoms with van der Waals surface area (Å²) < 4.78 is 4.53. The van der Waals surface area contributed by atoms with Gasteiger partial charge >= 0.3 is 6.09 Å². The van der Waals surface area contributed by atoms with Crippen LogP contribution in [0.25, 0.3) is 0 Å². The number of para-hydroxylation sites is 1. The van der Waals surface area contributed by atoms with E-state index in [2.05, 4.69) is 16.1 Å². The highest BCUT2D eigenvalue weighted by Crippen LogP contribution is 2.12. The van der Waals surface area contributed by atoms with Crippen molar-refractivity contribution >= 4 is 11.8 Å². The number of nitrogens with one attached hydrogen (secondary N) is 1. The number of primary amides is 1. The second-order valence-electron chi connectivity index (χ2n) is 2.75. The molecule has 0 saturated carbocycles. The lowest BCUT2D eigenvalue weighted by Crippen LogP contribution is -2.18. The molecule has 15 heavy (non-hydrogen) atoms. The van der Waals surface area contributed by atoms with Gasteiger partial charge in [0.1, 0.15) is 12.7 Å². The molecule has 5 heteroatoms. The molecular weight excluding hydrogens is 194 g/mol. The molecule has 1 aromatic carbocycles. The van der Waals surface area contributed by atoms with Crippen molar-refractivity contribution in [2.45, 2.75) is 0 Å². The lowest BCUT2D eigenvalue weighted by Gasteiger charge is -2.07. The van der Waals surface area contributed by atoms with Gasteiger partial charge in [0.2, 0.25) is 0 Å². The first-order valence-electron chi connectivity index (χ1n) is 4.39. The predicted octanol–water partition coefficient (Wildman–Crippen LogP) is 1.07. The minimum absolute atomic E-state index is 0.176. The van der Waals surface area contributed by atoms with Gasteiger partial charge in [-0.1, -0.05) is 12.1 Å². The van der Waals surface area contributed by atoms with Crippen LogP contribution in [0.3, 0.4) is 0 Å². The van der Waals surface area contributed by atoms with E-state index in [9.17, 15) is 4.79 Å². The van der Waals surface area contributed by atoms with Gasteiger partial charge in [-0.2, -0.15) is 5.26 Å². The Labute approximate surface area is 87.4 Å². The highest BCUT2D eigenvalue weighted by molar-refractivity contribution is 5.64. The molecule has 0 aliphatic carbocycles. The number of hydrogen-bond acceptors (Lipinski definition) is 4. The molecule has 0 unspecified atom stereocenters. The summed E-state index contributed by atoms with van der Waals surface area (Å²) in [6, 6.07) is 9.14. The largest absolute Gasteiger partial charge is 0.448 e. The first-order chi connectivity index (χ1) is 7.24. The molecule has 0 aliphatic rings. The van der Waals surface area contributed by atoms with Crippen molar-refractivity contribution in [1.82, 2.24) is 0 Å². The Morgan fingerprint density at radius 2 is 2.27 bits per heavy atom. The molecular formula is C10H11N3O2. The molecule has 0 saturated heterocycles. The van der Waals surface area contributed by atoms with Crippen molar-refractivity contribution < 1.29 is 9.53 Å². The van der Waals surface area contributed by atoms with Crippen molar-refractivity contribution in [2.75, 3.05) is 18.5 Å². The van der Waals surface area contributed by atoms with Crippen molar-refractivity contribution in [3.8, 4) is 6.07 Å². The minimum Gasteiger partial charge on any atom is -0.448 e. The van der Waals surface area contributed by atoms with E-state index in [0.717, 1.165) is 0 Å². The lowest BCUT2D eigenvalue weighted by molar-refractivity contribution is 0.161. The van der Waals surface area contributed by atoms with Crippen molar-refractivity contribution in [2.24, 2.45) is 5.73 Å². The van der Waals surface area contributed by atoms with Crippen LogP contribution < -0.4 is 11.1 Å². The third-order valence-corrected chi connectivity index (χ3v) is 1.71. The maximum atomic E-state index is 10.3. The zero-order chi connectivity index (χ0) is 11.1. The summed E-state index contributed by atoms with van der Waals surface area (Å²) in [6.07, 6.45) is -0.801. The average molecular weight is 205 g/mol. The summed E-state index contributed by atoms with van der Waals surface area (Å²) in [4.78, 5) is 10.3. The Bertz CT molecular complexity index is 384. The number of nitrogens with two attached hydrogens (primary N) is 1. The smallest absolute Gasteiger partial charge is 0.404 e. The summed E-state index contributed by atoms with van der Waals surface area (Å²) in [5, 5.41) is 11.7. The molecule has 5 nitrogen and oxygen atoms in total. The van der Waals surface area contributed by atoms with Gasteiger partial charge in [-0.05, 0) is 12.1 Å². The number of benzene rings is 1. The topological polar surface area (TPSA) is 88.1 Å². The van der Waals surface area contributed by atoms with Gasteiger partial charge in [0, 0.05) is 6.54 Å². The van der Waals surface area contributed by atoms with Gasteiger partial charge in [-0.15, -0.1) is 0 Å². The molecule has 0 fully saturated rings. The monoisotopic (exact) mass is 205 g/mol. The Balaban J connectivity index is 2.44. The van der Waals surface area contributed by atoms with Crippen LogP contribution >= 0.6 is 0 Å². The quantitative estimate of drug-likeness (QED) is 0.719. The number of nitrogens with zero attached hydrogens (tertiary/aromatic N) is 1. The molecule has 0 aliphatic heterocycles. The van der Waals surface area contributed by atoms with Gasteiger partial charge in [0.15, 0.2) is 0 Å². The molecule has 0 bridgehead atoms. The first-order valence-corrected chi connectivity index (χ1v) is 4.39. The molecule has 0 heterocycles. The Morgan fingerprint density at radius 1 is 1.53 bits per heavy atom. The average Bonchev–Trinajstić information content (AvgIpc) is 2.24. The number of anilines is 1. The van der Waals surface area contributed by atoms with Crippen LogP contribution in [0.1, 0.15) is 5.56 Å². The lowest BCUT2D eigenvalue weighted by atomic mass is 10.2. The fourth-order valence-corrected chi connectivity index (χ4v) is 1.07. The SMILES string of the molecule is N#Cc1ccccc1NCCOC(N)=O. The third-order valence-electron chi connectivity index (χ3n) is 1.71. The van der Waals surface area contributed by atoms with Gasteiger partial charge in [-0.3, -0.25) is 0 Å². The Hall–Kier alpha value is -2.22. The Morgan fingerprint density at radius 3 is 2.93 bits per heavy atom. The van der Waals surface area contributed by atoms with Crippen LogP contribution in [0.15, 0.2) is 24.3 Å². The minimum atomic E-state index is -0.801. The van der Waals surface area contributed by atoms with Crippen molar-refractivity contribution in [3.05, 3.63) is 29.8 Å². The summed E-state index contributed by atoms with van der Waals surface area (Å²) in [6.45, 7) is 0.594. The summed E-state index contributed by atoms with van der Waals surface area (Å²) in [5.74, 6) is 0. The summed E-state index contributed by atoms with van der Waals surface area (Å²) >= 11 is 0. The summed E-state index contributed by atoms with van der Waals surface area (Å²) in [5.41, 5.74) is 6.05. The van der Waals surface area contributed by atoms with Crippen molar-refractivity contribution in [3.63, 3.8) is 0 Å². The second kappa shape index (κ2) is 5.50. The third kappa shape index (κ3) is 3.56. The van der Waals surface area contributed by atoms with Gasteiger partial charge in [-0.25, -0.2) is 4.79 Å². The van der Waals surface area contributed by atoms with Crippen LogP contribution in [0.5, 0.6) is 0 Å². The number of carbonyl (C=O) groups excluding carboxylic acids is 1. The standard InChI is InChI=1S/C10H11N3O2/c11-7-8-3-1-2-4-9(8)13-5-6-15-10(12)14/h1-4,13H,5-6H2,(H2,12,14). The highest BCUT2D eigenvalue weighted by Gasteiger charge is 1.99. The zero-order valence-electron chi connectivity index (χ0n) is 8.06. The van der Waals surface area contributed by atoms with E-state index in [4.69, 9.17) is 11.0 Å². The maximum absolute atomic E-state index is 10.3. The molecule has 0 aromatic heterocycles. The fourth-order valence-electron chi connectivity index (χ4n) is 1.07. The van der Waals surface area contributed by atoms with Gasteiger partial charge in [0.05, 0.1) is 11.3 Å². The van der Waals surface area contributed by atoms with Crippen LogP contribution in [-0.4, -0.2) is 19.2 Å². The molecule has 0 spiro atoms. The van der Waals surface area contributed by atoms with Crippen LogP contribution in [0, 0.1) is 11.3 Å². The van der Waals surface area contributed by atoms with Crippen molar-refractivity contribution in [1.29, 1.82) is 5.26 Å². The van der Waals surface area contributed by atoms with E-state index in [1.165, 1.54) is 0 Å². The molecule has 0 atom stereocenters. The van der Waals surface area contributed by atoms with Crippen LogP contribution in [0.4, 0.5) is 10.5 Å². The zero-order valence-corrected chi connectivity index (χ0v) is 8.06. The number of hydrogen-bond donors (Lipinski definition) is 2. The van der Waals surface area contributed by atoms with Gasteiger partial charge < -0.3 is 15.8 Å². The molecule has 1 rings (SSSR count). The maximum Gasteiger partial charge on any atom is 0.404 e.